The minimum Gasteiger partial charge on any atom is -0.461 e. The van der Waals surface area contributed by atoms with E-state index in [0.29, 0.717) is 18.4 Å². The van der Waals surface area contributed by atoms with Crippen molar-refractivity contribution in [2.24, 2.45) is 22.7 Å². The summed E-state index contributed by atoms with van der Waals surface area (Å²) in [7, 11) is -1.27. The Morgan fingerprint density at radius 2 is 2.00 bits per heavy atom. The fourth-order valence-electron chi connectivity index (χ4n) is 5.41. The van der Waals surface area contributed by atoms with Crippen molar-refractivity contribution in [3.63, 3.8) is 0 Å². The highest BCUT2D eigenvalue weighted by atomic mass is 32.2. The van der Waals surface area contributed by atoms with Crippen LogP contribution in [0.25, 0.3) is 0 Å². The van der Waals surface area contributed by atoms with E-state index in [1.54, 1.807) is 0 Å². The fraction of sp³-hybridized carbons (Fsp3) is 0.667. The number of ether oxygens (including phenoxy) is 3. The topological polar surface area (TPSA) is 96.0 Å². The summed E-state index contributed by atoms with van der Waals surface area (Å²) in [5.41, 5.74) is -0.926. The summed E-state index contributed by atoms with van der Waals surface area (Å²) in [6, 6.07) is 0. The lowest BCUT2D eigenvalue weighted by molar-refractivity contribution is -0.172. The molecule has 0 aromatic heterocycles. The summed E-state index contributed by atoms with van der Waals surface area (Å²) < 4.78 is 28.0. The Bertz CT molecular complexity index is 785. The van der Waals surface area contributed by atoms with Gasteiger partial charge in [0, 0.05) is 41.4 Å². The van der Waals surface area contributed by atoms with Crippen molar-refractivity contribution >= 4 is 28.7 Å². The molecule has 0 aromatic rings. The Kier molecular flexibility index (Phi) is 5.77. The molecule has 2 aliphatic carbocycles. The number of fused-ring (bicyclic) bond motifs is 1. The second-order valence-electron chi connectivity index (χ2n) is 8.64. The normalized spacial score (nSPS) is 40.0. The van der Waals surface area contributed by atoms with Crippen LogP contribution in [0.15, 0.2) is 23.6 Å². The van der Waals surface area contributed by atoms with E-state index in [2.05, 4.69) is 20.4 Å². The molecule has 2 saturated carbocycles. The van der Waals surface area contributed by atoms with Crippen LogP contribution in [-0.2, 0) is 39.4 Å². The van der Waals surface area contributed by atoms with Crippen LogP contribution in [0.5, 0.6) is 0 Å². The second kappa shape index (κ2) is 7.70. The lowest BCUT2D eigenvalue weighted by atomic mass is 9.61. The summed E-state index contributed by atoms with van der Waals surface area (Å²) in [6.07, 6.45) is 3.09. The lowest BCUT2D eigenvalue weighted by Gasteiger charge is -2.46. The molecule has 7 atom stereocenters. The molecule has 0 amide bonds. The van der Waals surface area contributed by atoms with Crippen LogP contribution in [0.2, 0.25) is 0 Å². The molecule has 1 spiro atoms. The number of rotatable bonds is 4. The largest absolute Gasteiger partial charge is 0.461 e. The Labute approximate surface area is 173 Å². The lowest BCUT2D eigenvalue weighted by Crippen LogP contribution is -2.50. The van der Waals surface area contributed by atoms with E-state index in [4.69, 9.17) is 14.2 Å². The molecule has 0 N–H and O–H groups in total. The number of carbonyl (C=O) groups excluding carboxylic acids is 3. The monoisotopic (exact) mass is 424 g/mol. The Hall–Kier alpha value is -1.96. The molecule has 3 rings (SSSR count). The van der Waals surface area contributed by atoms with Crippen LogP contribution >= 0.6 is 0 Å². The number of esters is 3. The highest BCUT2D eigenvalue weighted by Gasteiger charge is 2.71. The standard InChI is InChI=1S/C21H28O7S/c1-12-6-7-15(28-16(23)8-9-29(5)25)17-18(27-14(3)22)21(11-20(12,17)4)13(2)10-26-19(21)24/h8-9,12,15,17-18H,2,6-7,10-11H2,1,3-5H3/b9-8-/t12-,15-,17+,18+,20+,21+,29?/m0/s1. The maximum atomic E-state index is 12.9. The van der Waals surface area contributed by atoms with Crippen LogP contribution in [0, 0.1) is 22.7 Å². The zero-order valence-corrected chi connectivity index (χ0v) is 18.1. The summed E-state index contributed by atoms with van der Waals surface area (Å²) in [4.78, 5) is 37.1. The second-order valence-corrected chi connectivity index (χ2v) is 9.91. The van der Waals surface area contributed by atoms with E-state index >= 15 is 0 Å². The van der Waals surface area contributed by atoms with Crippen LogP contribution in [-0.4, -0.2) is 47.2 Å². The van der Waals surface area contributed by atoms with Gasteiger partial charge in [-0.1, -0.05) is 20.4 Å². The summed E-state index contributed by atoms with van der Waals surface area (Å²) >= 11 is 0. The number of cyclic esters (lactones) is 1. The highest BCUT2D eigenvalue weighted by Crippen LogP contribution is 2.66. The molecule has 3 aliphatic rings. The third kappa shape index (κ3) is 3.56. The van der Waals surface area contributed by atoms with Gasteiger partial charge in [0.15, 0.2) is 0 Å². The zero-order chi connectivity index (χ0) is 21.6. The van der Waals surface area contributed by atoms with Crippen molar-refractivity contribution in [2.45, 2.75) is 52.2 Å². The molecule has 1 unspecified atom stereocenters. The minimum atomic E-state index is -1.27. The van der Waals surface area contributed by atoms with Crippen LogP contribution in [0.3, 0.4) is 0 Å². The SMILES string of the molecule is C=C1COC(=O)[C@]12C[C@@]1(C)[C@H]([C@@H](OC(=O)/C=C\S(C)=O)CC[C@@H]1C)[C@H]2OC(C)=O. The van der Waals surface area contributed by atoms with Gasteiger partial charge in [-0.25, -0.2) is 4.79 Å². The van der Waals surface area contributed by atoms with Gasteiger partial charge in [-0.05, 0) is 36.2 Å². The molecule has 1 heterocycles. The van der Waals surface area contributed by atoms with Gasteiger partial charge in [0.1, 0.15) is 24.2 Å². The van der Waals surface area contributed by atoms with Gasteiger partial charge >= 0.3 is 17.9 Å². The molecule has 0 bridgehead atoms. The van der Waals surface area contributed by atoms with E-state index in [1.807, 2.05) is 0 Å². The van der Waals surface area contributed by atoms with Gasteiger partial charge in [-0.3, -0.25) is 13.8 Å². The van der Waals surface area contributed by atoms with E-state index in [-0.39, 0.29) is 18.4 Å². The zero-order valence-electron chi connectivity index (χ0n) is 17.3. The average molecular weight is 425 g/mol. The van der Waals surface area contributed by atoms with Crippen molar-refractivity contribution in [3.05, 3.63) is 23.6 Å². The Balaban J connectivity index is 2.02. The minimum absolute atomic E-state index is 0.100. The summed E-state index contributed by atoms with van der Waals surface area (Å²) in [5.74, 6) is -1.68. The third-order valence-corrected chi connectivity index (χ3v) is 7.49. The third-order valence-electron chi connectivity index (χ3n) is 6.97. The maximum absolute atomic E-state index is 12.9. The first-order valence-corrected chi connectivity index (χ1v) is 11.4. The molecule has 1 saturated heterocycles. The molecule has 0 radical (unpaired) electrons. The van der Waals surface area contributed by atoms with E-state index in [0.717, 1.165) is 12.5 Å². The smallest absolute Gasteiger partial charge is 0.331 e. The van der Waals surface area contributed by atoms with Gasteiger partial charge in [-0.15, -0.1) is 0 Å². The van der Waals surface area contributed by atoms with Crippen LogP contribution in [0.4, 0.5) is 0 Å². The molecule has 160 valence electrons. The van der Waals surface area contributed by atoms with E-state index < -0.39 is 51.7 Å². The molecule has 1 aliphatic heterocycles. The molecule has 29 heavy (non-hydrogen) atoms. The van der Waals surface area contributed by atoms with E-state index in [9.17, 15) is 18.6 Å². The van der Waals surface area contributed by atoms with Crippen molar-refractivity contribution in [2.75, 3.05) is 12.9 Å². The molecular weight excluding hydrogens is 396 g/mol. The first-order chi connectivity index (χ1) is 13.5. The van der Waals surface area contributed by atoms with Gasteiger partial charge in [0.05, 0.1) is 0 Å². The average Bonchev–Trinajstić information content (AvgIpc) is 3.06. The Morgan fingerprint density at radius 1 is 1.31 bits per heavy atom. The van der Waals surface area contributed by atoms with Gasteiger partial charge in [-0.2, -0.15) is 0 Å². The molecule has 8 heteroatoms. The Morgan fingerprint density at radius 3 is 2.55 bits per heavy atom. The van der Waals surface area contributed by atoms with Crippen molar-refractivity contribution < 1.29 is 32.8 Å². The summed E-state index contributed by atoms with van der Waals surface area (Å²) in [6.45, 7) is 9.63. The first-order valence-electron chi connectivity index (χ1n) is 9.76. The summed E-state index contributed by atoms with van der Waals surface area (Å²) in [5, 5.41) is 1.27. The number of hydrogen-bond donors (Lipinski definition) is 0. The number of carbonyl (C=O) groups is 3. The maximum Gasteiger partial charge on any atom is 0.331 e. The van der Waals surface area contributed by atoms with E-state index in [1.165, 1.54) is 18.6 Å². The molecular formula is C21H28O7S. The van der Waals surface area contributed by atoms with Crippen molar-refractivity contribution in [3.8, 4) is 0 Å². The van der Waals surface area contributed by atoms with Gasteiger partial charge in [0.25, 0.3) is 0 Å². The van der Waals surface area contributed by atoms with Crippen LogP contribution in [0.1, 0.15) is 40.0 Å². The quantitative estimate of drug-likeness (QED) is 0.296. The van der Waals surface area contributed by atoms with Gasteiger partial charge < -0.3 is 14.2 Å². The fourth-order valence-corrected chi connectivity index (χ4v) is 5.71. The van der Waals surface area contributed by atoms with Crippen molar-refractivity contribution in [1.82, 2.24) is 0 Å². The highest BCUT2D eigenvalue weighted by molar-refractivity contribution is 7.87. The number of hydrogen-bond acceptors (Lipinski definition) is 7. The predicted octanol–water partition coefficient (Wildman–Crippen LogP) is 2.28. The van der Waals surface area contributed by atoms with Crippen molar-refractivity contribution in [1.29, 1.82) is 0 Å². The molecule has 7 nitrogen and oxygen atoms in total. The molecule has 3 fully saturated rings. The molecule has 0 aromatic carbocycles. The first kappa shape index (κ1) is 21.7. The van der Waals surface area contributed by atoms with Gasteiger partial charge in [0.2, 0.25) is 0 Å². The predicted molar refractivity (Wildman–Crippen MR) is 106 cm³/mol. The van der Waals surface area contributed by atoms with Crippen LogP contribution < -0.4 is 0 Å².